The zero-order valence-electron chi connectivity index (χ0n) is 2.24. The minimum absolute atomic E-state index is 0. The van der Waals surface area contributed by atoms with Crippen LogP contribution in [-0.4, -0.2) is 30.8 Å². The van der Waals surface area contributed by atoms with Crippen LogP contribution in [0.5, 0.6) is 0 Å². The van der Waals surface area contributed by atoms with E-state index in [0.29, 0.717) is 0 Å². The molecule has 0 rings (SSSR count). The molecule has 0 saturated heterocycles. The van der Waals surface area contributed by atoms with Gasteiger partial charge in [0.2, 0.25) is 0 Å². The third kappa shape index (κ3) is 218. The Morgan fingerprint density at radius 1 is 1.00 bits per heavy atom. The number of rotatable bonds is 0. The summed E-state index contributed by atoms with van der Waals surface area (Å²) in [6.07, 6.45) is 0. The fourth-order valence-corrected chi connectivity index (χ4v) is 0. The second-order valence-corrected chi connectivity index (χ2v) is 0.346. The average Bonchev–Trinajstić information content (AvgIpc) is 0.811. The van der Waals surface area contributed by atoms with E-state index >= 15 is 0 Å². The molecule has 0 aromatic heterocycles. The van der Waals surface area contributed by atoms with Crippen LogP contribution in [0.15, 0.2) is 0 Å². The molecule has 0 radical (unpaired) electrons. The van der Waals surface area contributed by atoms with E-state index in [9.17, 15) is 0 Å². The van der Waals surface area contributed by atoms with E-state index < -0.39 is 7.32 Å². The van der Waals surface area contributed by atoms with Gasteiger partial charge in [-0.05, 0) is 0 Å². The third-order valence-corrected chi connectivity index (χ3v) is 0. The van der Waals surface area contributed by atoms with E-state index in [1.165, 1.54) is 0 Å². The quantitative estimate of drug-likeness (QED) is 0.305. The number of hydrogen-bond acceptors (Lipinski definition) is 3. The molecule has 0 aromatic rings. The van der Waals surface area contributed by atoms with E-state index in [1.807, 2.05) is 0 Å². The molecule has 6 heavy (non-hydrogen) atoms. The van der Waals surface area contributed by atoms with Gasteiger partial charge in [0.05, 0.1) is 8.41 Å². The van der Waals surface area contributed by atoms with Crippen molar-refractivity contribution < 1.29 is 31.6 Å². The van der Waals surface area contributed by atoms with Crippen LogP contribution < -0.4 is 0 Å². The monoisotopic (exact) mass is 134 g/mol. The van der Waals surface area contributed by atoms with E-state index in [0.717, 1.165) is 0 Å². The summed E-state index contributed by atoms with van der Waals surface area (Å²) >= 11 is 0. The molecule has 0 fully saturated rings. The Kier molecular flexibility index (Phi) is 24.3. The summed E-state index contributed by atoms with van der Waals surface area (Å²) in [4.78, 5) is 0. The smallest absolute Gasteiger partial charge is 0.402 e. The van der Waals surface area contributed by atoms with Crippen molar-refractivity contribution in [1.82, 2.24) is 0 Å². The Bertz CT molecular complexity index is 13.5. The van der Waals surface area contributed by atoms with Crippen LogP contribution in [0.2, 0.25) is 0 Å². The molecule has 0 saturated carbocycles. The average molecular weight is 134 g/mol. The summed E-state index contributed by atoms with van der Waals surface area (Å²) in [5, 5.41) is 21.5. The summed E-state index contributed by atoms with van der Waals surface area (Å²) in [7, 11) is -2.17. The molecule has 0 atom stereocenters. The molecule has 0 amide bonds. The Hall–Kier alpha value is 0.503. The summed E-state index contributed by atoms with van der Waals surface area (Å²) in [5.74, 6) is 0. The fourth-order valence-electron chi connectivity index (χ4n) is 0. The first-order chi connectivity index (χ1) is 1.73. The van der Waals surface area contributed by atoms with Crippen LogP contribution in [0, 0.1) is 0 Å². The summed E-state index contributed by atoms with van der Waals surface area (Å²) in [5.41, 5.74) is 0. The Morgan fingerprint density at radius 3 is 1.00 bits per heavy atom. The zero-order valence-corrected chi connectivity index (χ0v) is 3.22. The fraction of sp³-hybridized carbons (Fsp3) is 0. The molecule has 0 aliphatic carbocycles. The van der Waals surface area contributed by atoms with Crippen molar-refractivity contribution in [2.45, 2.75) is 0 Å². The first-order valence-corrected chi connectivity index (χ1v) is 0.775. The minimum Gasteiger partial charge on any atom is -0.402 e. The molecule has 0 heterocycles. The van der Waals surface area contributed by atoms with Gasteiger partial charge in [-0.2, -0.15) is 0 Å². The normalized spacial score (nSPS) is 4.50. The van der Waals surface area contributed by atoms with E-state index in [4.69, 9.17) is 15.1 Å². The molecular weight excluding hydrogens is 128 g/mol. The predicted octanol–water partition coefficient (Wildman–Crippen LogP) is -3.24. The third-order valence-electron chi connectivity index (χ3n) is 0. The zero-order chi connectivity index (χ0) is 3.58. The molecule has 3 N–H and O–H groups in total. The number of hydrogen-bond donors (Lipinski definition) is 3. The van der Waals surface area contributed by atoms with Crippen LogP contribution >= 0.6 is 0 Å². The molecular formula is H6B2NiO3. The van der Waals surface area contributed by atoms with Crippen molar-refractivity contribution in [3.8, 4) is 0 Å². The maximum atomic E-state index is 7.17. The maximum absolute atomic E-state index is 7.17. The van der Waals surface area contributed by atoms with Gasteiger partial charge >= 0.3 is 7.32 Å². The van der Waals surface area contributed by atoms with Gasteiger partial charge in [-0.25, -0.2) is 0 Å². The first kappa shape index (κ1) is 16.0. The van der Waals surface area contributed by atoms with E-state index in [1.54, 1.807) is 0 Å². The second kappa shape index (κ2) is 9.09. The van der Waals surface area contributed by atoms with Crippen molar-refractivity contribution in [3.63, 3.8) is 0 Å². The Balaban J connectivity index is -0.0000000450. The SMILES string of the molecule is B.OB(O)O.[Ni]. The molecule has 0 aliphatic rings. The van der Waals surface area contributed by atoms with E-state index in [-0.39, 0.29) is 24.9 Å². The Morgan fingerprint density at radius 2 is 1.00 bits per heavy atom. The van der Waals surface area contributed by atoms with E-state index in [2.05, 4.69) is 0 Å². The van der Waals surface area contributed by atoms with Gasteiger partial charge in [0.25, 0.3) is 0 Å². The largest absolute Gasteiger partial charge is 0.631 e. The molecule has 0 unspecified atom stereocenters. The van der Waals surface area contributed by atoms with Crippen molar-refractivity contribution in [1.29, 1.82) is 0 Å². The van der Waals surface area contributed by atoms with Crippen molar-refractivity contribution in [2.75, 3.05) is 0 Å². The van der Waals surface area contributed by atoms with Gasteiger partial charge in [0.15, 0.2) is 0 Å². The van der Waals surface area contributed by atoms with Gasteiger partial charge in [-0.1, -0.05) is 0 Å². The summed E-state index contributed by atoms with van der Waals surface area (Å²) < 4.78 is 0. The van der Waals surface area contributed by atoms with Crippen molar-refractivity contribution >= 4 is 15.7 Å². The summed E-state index contributed by atoms with van der Waals surface area (Å²) in [6.45, 7) is 0. The summed E-state index contributed by atoms with van der Waals surface area (Å²) in [6, 6.07) is 0. The molecule has 0 spiro atoms. The maximum Gasteiger partial charge on any atom is 0.631 e. The topological polar surface area (TPSA) is 60.7 Å². The van der Waals surface area contributed by atoms with Crippen molar-refractivity contribution in [3.05, 3.63) is 0 Å². The second-order valence-electron chi connectivity index (χ2n) is 0.346. The first-order valence-electron chi connectivity index (χ1n) is 0.775. The van der Waals surface area contributed by atoms with Gasteiger partial charge in [0.1, 0.15) is 0 Å². The van der Waals surface area contributed by atoms with Crippen LogP contribution in [-0.2, 0) is 16.5 Å². The van der Waals surface area contributed by atoms with Gasteiger partial charge in [-0.15, -0.1) is 0 Å². The molecule has 0 bridgehead atoms. The molecule has 0 aliphatic heterocycles. The van der Waals surface area contributed by atoms with Crippen LogP contribution in [0.3, 0.4) is 0 Å². The molecule has 3 nitrogen and oxygen atoms in total. The predicted molar refractivity (Wildman–Crippen MR) is 22.3 cm³/mol. The Labute approximate surface area is 48.1 Å². The van der Waals surface area contributed by atoms with Crippen LogP contribution in [0.1, 0.15) is 0 Å². The van der Waals surface area contributed by atoms with Crippen LogP contribution in [0.25, 0.3) is 0 Å². The van der Waals surface area contributed by atoms with Gasteiger partial charge in [-0.3, -0.25) is 0 Å². The van der Waals surface area contributed by atoms with Crippen LogP contribution in [0.4, 0.5) is 0 Å². The molecule has 0 aromatic carbocycles. The standard InChI is InChI=1S/BH3O3.BH3.Ni/c2-1(3)4;;/h2-4H;1H3;. The van der Waals surface area contributed by atoms with Gasteiger partial charge in [0, 0.05) is 16.5 Å². The van der Waals surface area contributed by atoms with Gasteiger partial charge < -0.3 is 15.1 Å². The molecule has 6 heteroatoms. The molecule has 40 valence electrons. The van der Waals surface area contributed by atoms with Crippen molar-refractivity contribution in [2.24, 2.45) is 0 Å². The minimum atomic E-state index is -2.17.